The number of hydrogen-bond donors (Lipinski definition) is 1. The summed E-state index contributed by atoms with van der Waals surface area (Å²) in [6.45, 7) is 0.518. The lowest BCUT2D eigenvalue weighted by molar-refractivity contribution is -0.134. The third-order valence-electron chi connectivity index (χ3n) is 4.08. The van der Waals surface area contributed by atoms with Crippen LogP contribution in [-0.4, -0.2) is 29.4 Å². The summed E-state index contributed by atoms with van der Waals surface area (Å²) in [5.41, 5.74) is 6.68. The van der Waals surface area contributed by atoms with Gasteiger partial charge in [0, 0.05) is 22.6 Å². The quantitative estimate of drug-likeness (QED) is 0.772. The maximum atomic E-state index is 12.6. The van der Waals surface area contributed by atoms with Gasteiger partial charge in [0.15, 0.2) is 6.61 Å². The van der Waals surface area contributed by atoms with Crippen molar-refractivity contribution in [2.75, 3.05) is 6.61 Å². The van der Waals surface area contributed by atoms with E-state index in [9.17, 15) is 9.59 Å². The van der Waals surface area contributed by atoms with Crippen molar-refractivity contribution >= 4 is 27.7 Å². The summed E-state index contributed by atoms with van der Waals surface area (Å²) < 4.78 is 6.56. The van der Waals surface area contributed by atoms with E-state index in [1.807, 2.05) is 41.3 Å². The molecule has 1 saturated carbocycles. The first kappa shape index (κ1) is 17.5. The minimum absolute atomic E-state index is 0.0114. The van der Waals surface area contributed by atoms with Gasteiger partial charge in [-0.1, -0.05) is 28.1 Å². The number of rotatable bonds is 7. The molecule has 0 bridgehead atoms. The number of halogens is 1. The molecule has 0 saturated heterocycles. The van der Waals surface area contributed by atoms with Crippen molar-refractivity contribution in [1.82, 2.24) is 4.90 Å². The van der Waals surface area contributed by atoms with E-state index in [1.54, 1.807) is 12.1 Å². The first-order valence-corrected chi connectivity index (χ1v) is 8.89. The zero-order valence-corrected chi connectivity index (χ0v) is 15.2. The van der Waals surface area contributed by atoms with Crippen LogP contribution in [0.1, 0.15) is 28.8 Å². The highest BCUT2D eigenvalue weighted by Crippen LogP contribution is 2.28. The average molecular weight is 403 g/mol. The van der Waals surface area contributed by atoms with E-state index in [4.69, 9.17) is 10.5 Å². The second kappa shape index (κ2) is 7.70. The van der Waals surface area contributed by atoms with Crippen LogP contribution in [0.5, 0.6) is 5.75 Å². The molecule has 1 aliphatic carbocycles. The first-order chi connectivity index (χ1) is 12.0. The van der Waals surface area contributed by atoms with Crippen molar-refractivity contribution < 1.29 is 14.3 Å². The highest BCUT2D eigenvalue weighted by Gasteiger charge is 2.32. The van der Waals surface area contributed by atoms with Crippen molar-refractivity contribution in [3.8, 4) is 5.75 Å². The van der Waals surface area contributed by atoms with Crippen molar-refractivity contribution in [1.29, 1.82) is 0 Å². The lowest BCUT2D eigenvalue weighted by atomic mass is 10.1. The Morgan fingerprint density at radius 1 is 1.08 bits per heavy atom. The van der Waals surface area contributed by atoms with Crippen LogP contribution in [0.2, 0.25) is 0 Å². The molecule has 130 valence electrons. The molecule has 0 unspecified atom stereocenters. The molecule has 0 aromatic heterocycles. The Morgan fingerprint density at radius 3 is 2.28 bits per heavy atom. The number of primary amides is 1. The molecule has 2 aromatic carbocycles. The predicted octanol–water partition coefficient (Wildman–Crippen LogP) is 3.12. The van der Waals surface area contributed by atoms with Gasteiger partial charge in [0.2, 0.25) is 5.91 Å². The van der Waals surface area contributed by atoms with E-state index >= 15 is 0 Å². The van der Waals surface area contributed by atoms with Crippen LogP contribution in [0.4, 0.5) is 0 Å². The molecule has 5 nitrogen and oxygen atoms in total. The Labute approximate surface area is 154 Å². The highest BCUT2D eigenvalue weighted by atomic mass is 79.9. The van der Waals surface area contributed by atoms with Crippen molar-refractivity contribution in [3.63, 3.8) is 0 Å². The van der Waals surface area contributed by atoms with Gasteiger partial charge in [-0.15, -0.1) is 0 Å². The standard InChI is InChI=1S/C19H19BrN2O3/c20-15-5-9-17(10-6-15)25-12-18(23)22(16-7-8-16)11-13-1-3-14(4-2-13)19(21)24/h1-6,9-10,16H,7-8,11-12H2,(H2,21,24). The fourth-order valence-electron chi connectivity index (χ4n) is 2.54. The molecular formula is C19H19BrN2O3. The summed E-state index contributed by atoms with van der Waals surface area (Å²) in [5.74, 6) is 0.173. The topological polar surface area (TPSA) is 72.6 Å². The minimum Gasteiger partial charge on any atom is -0.484 e. The number of amides is 2. The number of benzene rings is 2. The molecule has 2 N–H and O–H groups in total. The molecule has 0 atom stereocenters. The van der Waals surface area contributed by atoms with Gasteiger partial charge in [-0.25, -0.2) is 0 Å². The number of nitrogens with zero attached hydrogens (tertiary/aromatic N) is 1. The molecule has 2 aromatic rings. The Hall–Kier alpha value is -2.34. The van der Waals surface area contributed by atoms with Gasteiger partial charge >= 0.3 is 0 Å². The van der Waals surface area contributed by atoms with Gasteiger partial charge in [0.05, 0.1) is 0 Å². The van der Waals surface area contributed by atoms with Crippen LogP contribution in [0.25, 0.3) is 0 Å². The van der Waals surface area contributed by atoms with E-state index in [-0.39, 0.29) is 18.6 Å². The molecular weight excluding hydrogens is 384 g/mol. The SMILES string of the molecule is NC(=O)c1ccc(CN(C(=O)COc2ccc(Br)cc2)C2CC2)cc1. The summed E-state index contributed by atoms with van der Waals surface area (Å²) in [5, 5.41) is 0. The van der Waals surface area contributed by atoms with Crippen LogP contribution in [-0.2, 0) is 11.3 Å². The van der Waals surface area contributed by atoms with Gasteiger partial charge in [-0.05, 0) is 54.8 Å². The number of carbonyl (C=O) groups excluding carboxylic acids is 2. The minimum atomic E-state index is -0.454. The van der Waals surface area contributed by atoms with Gasteiger partial charge < -0.3 is 15.4 Å². The fourth-order valence-corrected chi connectivity index (χ4v) is 2.80. The molecule has 25 heavy (non-hydrogen) atoms. The molecule has 6 heteroatoms. The van der Waals surface area contributed by atoms with Crippen LogP contribution in [0.3, 0.4) is 0 Å². The zero-order chi connectivity index (χ0) is 17.8. The second-order valence-electron chi connectivity index (χ2n) is 6.06. The molecule has 0 aliphatic heterocycles. The third-order valence-corrected chi connectivity index (χ3v) is 4.60. The van der Waals surface area contributed by atoms with Crippen molar-refractivity contribution in [2.45, 2.75) is 25.4 Å². The van der Waals surface area contributed by atoms with Crippen molar-refractivity contribution in [3.05, 3.63) is 64.1 Å². The average Bonchev–Trinajstić information content (AvgIpc) is 3.44. The van der Waals surface area contributed by atoms with E-state index in [0.29, 0.717) is 17.9 Å². The lowest BCUT2D eigenvalue weighted by Crippen LogP contribution is -2.36. The van der Waals surface area contributed by atoms with E-state index in [1.165, 1.54) is 0 Å². The maximum absolute atomic E-state index is 12.6. The van der Waals surface area contributed by atoms with E-state index in [0.717, 1.165) is 22.9 Å². The fraction of sp³-hybridized carbons (Fsp3) is 0.263. The molecule has 0 radical (unpaired) electrons. The molecule has 0 spiro atoms. The van der Waals surface area contributed by atoms with Crippen LogP contribution < -0.4 is 10.5 Å². The Bertz CT molecular complexity index is 755. The lowest BCUT2D eigenvalue weighted by Gasteiger charge is -2.22. The Balaban J connectivity index is 1.61. The molecule has 3 rings (SSSR count). The number of carbonyl (C=O) groups is 2. The van der Waals surface area contributed by atoms with Gasteiger partial charge in [0.1, 0.15) is 5.75 Å². The summed E-state index contributed by atoms with van der Waals surface area (Å²) >= 11 is 3.37. The predicted molar refractivity (Wildman–Crippen MR) is 98.2 cm³/mol. The smallest absolute Gasteiger partial charge is 0.261 e. The summed E-state index contributed by atoms with van der Waals surface area (Å²) in [7, 11) is 0. The molecule has 1 aliphatic rings. The van der Waals surface area contributed by atoms with E-state index in [2.05, 4.69) is 15.9 Å². The van der Waals surface area contributed by atoms with Gasteiger partial charge in [0.25, 0.3) is 5.91 Å². The van der Waals surface area contributed by atoms with Crippen molar-refractivity contribution in [2.24, 2.45) is 5.73 Å². The largest absolute Gasteiger partial charge is 0.484 e. The molecule has 1 fully saturated rings. The van der Waals surface area contributed by atoms with Gasteiger partial charge in [-0.2, -0.15) is 0 Å². The third kappa shape index (κ3) is 4.82. The Morgan fingerprint density at radius 2 is 1.72 bits per heavy atom. The van der Waals surface area contributed by atoms with Crippen LogP contribution in [0.15, 0.2) is 53.0 Å². The normalized spacial score (nSPS) is 13.3. The monoisotopic (exact) mass is 402 g/mol. The van der Waals surface area contributed by atoms with E-state index < -0.39 is 5.91 Å². The Kier molecular flexibility index (Phi) is 5.38. The summed E-state index contributed by atoms with van der Waals surface area (Å²) in [4.78, 5) is 25.5. The zero-order valence-electron chi connectivity index (χ0n) is 13.7. The molecule has 2 amide bonds. The maximum Gasteiger partial charge on any atom is 0.261 e. The molecule has 0 heterocycles. The van der Waals surface area contributed by atoms with Crippen LogP contribution in [0, 0.1) is 0 Å². The highest BCUT2D eigenvalue weighted by molar-refractivity contribution is 9.10. The van der Waals surface area contributed by atoms with Gasteiger partial charge in [-0.3, -0.25) is 9.59 Å². The second-order valence-corrected chi connectivity index (χ2v) is 6.97. The number of hydrogen-bond acceptors (Lipinski definition) is 3. The summed E-state index contributed by atoms with van der Waals surface area (Å²) in [6, 6.07) is 14.7. The first-order valence-electron chi connectivity index (χ1n) is 8.09. The number of ether oxygens (including phenoxy) is 1. The number of nitrogens with two attached hydrogens (primary N) is 1. The van der Waals surface area contributed by atoms with Crippen LogP contribution >= 0.6 is 15.9 Å². The summed E-state index contributed by atoms with van der Waals surface area (Å²) in [6.07, 6.45) is 2.03.